The van der Waals surface area contributed by atoms with Gasteiger partial charge in [-0.1, -0.05) is 18.6 Å². The summed E-state index contributed by atoms with van der Waals surface area (Å²) < 4.78 is 0. The third-order valence-corrected chi connectivity index (χ3v) is 3.60. The number of rotatable bonds is 4. The predicted octanol–water partition coefficient (Wildman–Crippen LogP) is 3.80. The van der Waals surface area contributed by atoms with Crippen molar-refractivity contribution in [2.75, 3.05) is 18.0 Å². The van der Waals surface area contributed by atoms with E-state index in [4.69, 9.17) is 0 Å². The van der Waals surface area contributed by atoms with Gasteiger partial charge in [-0.3, -0.25) is 0 Å². The molecule has 1 fully saturated rings. The molecule has 0 aliphatic heterocycles. The van der Waals surface area contributed by atoms with Gasteiger partial charge >= 0.3 is 0 Å². The summed E-state index contributed by atoms with van der Waals surface area (Å²) >= 11 is 0. The van der Waals surface area contributed by atoms with Crippen LogP contribution in [-0.2, 0) is 0 Å². The first-order chi connectivity index (χ1) is 7.35. The molecule has 0 saturated heterocycles. The van der Waals surface area contributed by atoms with Crippen molar-refractivity contribution in [3.8, 4) is 0 Å². The van der Waals surface area contributed by atoms with Crippen LogP contribution in [0.2, 0.25) is 0 Å². The molecule has 2 rings (SSSR count). The number of benzene rings is 1. The van der Waals surface area contributed by atoms with E-state index in [1.807, 2.05) is 0 Å². The first kappa shape index (κ1) is 10.5. The van der Waals surface area contributed by atoms with E-state index in [2.05, 4.69) is 43.0 Å². The van der Waals surface area contributed by atoms with E-state index in [1.54, 1.807) is 0 Å². The Morgan fingerprint density at radius 1 is 1.07 bits per heavy atom. The number of hydrogen-bond donors (Lipinski definition) is 0. The molecule has 1 heteroatoms. The van der Waals surface area contributed by atoms with Crippen LogP contribution < -0.4 is 4.90 Å². The molecule has 0 amide bonds. The second kappa shape index (κ2) is 4.69. The van der Waals surface area contributed by atoms with Crippen molar-refractivity contribution < 1.29 is 0 Å². The zero-order valence-electron chi connectivity index (χ0n) is 9.87. The van der Waals surface area contributed by atoms with Gasteiger partial charge in [0, 0.05) is 18.8 Å². The Morgan fingerprint density at radius 3 is 2.07 bits per heavy atom. The van der Waals surface area contributed by atoms with Crippen LogP contribution in [0.3, 0.4) is 0 Å². The molecule has 1 nitrogen and oxygen atoms in total. The molecular formula is C14H21N. The zero-order valence-corrected chi connectivity index (χ0v) is 9.87. The van der Waals surface area contributed by atoms with Gasteiger partial charge in [-0.25, -0.2) is 0 Å². The summed E-state index contributed by atoms with van der Waals surface area (Å²) in [6.45, 7) is 6.62. The Balaban J connectivity index is 2.08. The van der Waals surface area contributed by atoms with Gasteiger partial charge in [0.25, 0.3) is 0 Å². The third-order valence-electron chi connectivity index (χ3n) is 3.60. The van der Waals surface area contributed by atoms with Crippen LogP contribution in [0.4, 0.5) is 5.69 Å². The van der Waals surface area contributed by atoms with Gasteiger partial charge in [-0.15, -0.1) is 0 Å². The lowest BCUT2D eigenvalue weighted by atomic mass is 9.80. The highest BCUT2D eigenvalue weighted by molar-refractivity contribution is 5.48. The Hall–Kier alpha value is -0.980. The monoisotopic (exact) mass is 203 g/mol. The summed E-state index contributed by atoms with van der Waals surface area (Å²) in [4.78, 5) is 2.39. The van der Waals surface area contributed by atoms with Crippen molar-refractivity contribution in [1.29, 1.82) is 0 Å². The second-order valence-corrected chi connectivity index (χ2v) is 4.39. The first-order valence-corrected chi connectivity index (χ1v) is 6.20. The number of hydrogen-bond acceptors (Lipinski definition) is 1. The Labute approximate surface area is 93.1 Å². The van der Waals surface area contributed by atoms with Gasteiger partial charge in [-0.05, 0) is 50.3 Å². The molecule has 0 spiro atoms. The van der Waals surface area contributed by atoms with Gasteiger partial charge < -0.3 is 4.90 Å². The summed E-state index contributed by atoms with van der Waals surface area (Å²) in [5, 5.41) is 0. The number of nitrogens with zero attached hydrogens (tertiary/aromatic N) is 1. The Bertz CT molecular complexity index is 294. The zero-order chi connectivity index (χ0) is 10.7. The van der Waals surface area contributed by atoms with E-state index in [-0.39, 0.29) is 0 Å². The van der Waals surface area contributed by atoms with Crippen molar-refractivity contribution in [1.82, 2.24) is 0 Å². The highest BCUT2D eigenvalue weighted by Crippen LogP contribution is 2.36. The molecule has 0 unspecified atom stereocenters. The molecule has 1 saturated carbocycles. The van der Waals surface area contributed by atoms with Crippen LogP contribution in [0.5, 0.6) is 0 Å². The molecule has 0 heterocycles. The minimum atomic E-state index is 0.857. The summed E-state index contributed by atoms with van der Waals surface area (Å²) in [5.74, 6) is 0.857. The first-order valence-electron chi connectivity index (χ1n) is 6.20. The van der Waals surface area contributed by atoms with Crippen LogP contribution in [0.25, 0.3) is 0 Å². The molecule has 1 aliphatic rings. The maximum atomic E-state index is 2.39. The Morgan fingerprint density at radius 2 is 1.67 bits per heavy atom. The van der Waals surface area contributed by atoms with Gasteiger partial charge in [0.2, 0.25) is 0 Å². The van der Waals surface area contributed by atoms with Crippen molar-refractivity contribution >= 4 is 5.69 Å². The summed E-state index contributed by atoms with van der Waals surface area (Å²) in [5.41, 5.74) is 2.90. The predicted molar refractivity (Wildman–Crippen MR) is 66.6 cm³/mol. The largest absolute Gasteiger partial charge is 0.372 e. The van der Waals surface area contributed by atoms with E-state index in [0.29, 0.717) is 0 Å². The minimum absolute atomic E-state index is 0.857. The normalized spacial score (nSPS) is 16.1. The van der Waals surface area contributed by atoms with Gasteiger partial charge in [0.15, 0.2) is 0 Å². The molecule has 1 aliphatic carbocycles. The van der Waals surface area contributed by atoms with Gasteiger partial charge in [-0.2, -0.15) is 0 Å². The van der Waals surface area contributed by atoms with E-state index in [0.717, 1.165) is 19.0 Å². The van der Waals surface area contributed by atoms with Crippen molar-refractivity contribution in [2.45, 2.75) is 39.0 Å². The van der Waals surface area contributed by atoms with Gasteiger partial charge in [0.05, 0.1) is 0 Å². The van der Waals surface area contributed by atoms with Crippen LogP contribution in [0, 0.1) is 0 Å². The summed E-state index contributed by atoms with van der Waals surface area (Å²) in [6.07, 6.45) is 4.21. The van der Waals surface area contributed by atoms with Crippen LogP contribution in [0.1, 0.15) is 44.6 Å². The molecule has 82 valence electrons. The molecule has 0 N–H and O–H groups in total. The summed E-state index contributed by atoms with van der Waals surface area (Å²) in [6, 6.07) is 9.19. The molecule has 0 atom stereocenters. The van der Waals surface area contributed by atoms with E-state index < -0.39 is 0 Å². The SMILES string of the molecule is CCN(CC)c1ccc(C2CCC2)cc1. The van der Waals surface area contributed by atoms with Crippen molar-refractivity contribution in [3.05, 3.63) is 29.8 Å². The average Bonchev–Trinajstić information content (AvgIpc) is 2.20. The van der Waals surface area contributed by atoms with E-state index in [9.17, 15) is 0 Å². The average molecular weight is 203 g/mol. The lowest BCUT2D eigenvalue weighted by molar-refractivity contribution is 0.420. The molecular weight excluding hydrogens is 182 g/mol. The van der Waals surface area contributed by atoms with Crippen molar-refractivity contribution in [2.24, 2.45) is 0 Å². The highest BCUT2D eigenvalue weighted by atomic mass is 15.1. The smallest absolute Gasteiger partial charge is 0.0366 e. The fraction of sp³-hybridized carbons (Fsp3) is 0.571. The lowest BCUT2D eigenvalue weighted by Gasteiger charge is -2.27. The Kier molecular flexibility index (Phi) is 3.30. The standard InChI is InChI=1S/C14H21N/c1-3-15(4-2)14-10-8-13(9-11-14)12-6-5-7-12/h8-12H,3-7H2,1-2H3. The van der Waals surface area contributed by atoms with Crippen molar-refractivity contribution in [3.63, 3.8) is 0 Å². The third kappa shape index (κ3) is 2.17. The summed E-state index contributed by atoms with van der Waals surface area (Å²) in [7, 11) is 0. The molecule has 1 aromatic carbocycles. The van der Waals surface area contributed by atoms with Crippen LogP contribution in [-0.4, -0.2) is 13.1 Å². The molecule has 0 radical (unpaired) electrons. The fourth-order valence-corrected chi connectivity index (χ4v) is 2.29. The number of anilines is 1. The van der Waals surface area contributed by atoms with E-state index >= 15 is 0 Å². The molecule has 0 aromatic heterocycles. The molecule has 1 aromatic rings. The second-order valence-electron chi connectivity index (χ2n) is 4.39. The lowest BCUT2D eigenvalue weighted by Crippen LogP contribution is -2.21. The highest BCUT2D eigenvalue weighted by Gasteiger charge is 2.19. The topological polar surface area (TPSA) is 3.24 Å². The van der Waals surface area contributed by atoms with Crippen LogP contribution >= 0.6 is 0 Å². The maximum absolute atomic E-state index is 2.39. The fourth-order valence-electron chi connectivity index (χ4n) is 2.29. The maximum Gasteiger partial charge on any atom is 0.0366 e. The van der Waals surface area contributed by atoms with E-state index in [1.165, 1.54) is 30.5 Å². The minimum Gasteiger partial charge on any atom is -0.372 e. The van der Waals surface area contributed by atoms with Gasteiger partial charge in [0.1, 0.15) is 0 Å². The van der Waals surface area contributed by atoms with Crippen LogP contribution in [0.15, 0.2) is 24.3 Å². The molecule has 15 heavy (non-hydrogen) atoms. The molecule has 0 bridgehead atoms. The quantitative estimate of drug-likeness (QED) is 0.719.